The molecule has 4 heteroatoms. The van der Waals surface area contributed by atoms with Crippen molar-refractivity contribution in [3.8, 4) is 0 Å². The normalized spacial score (nSPS) is 10.9. The summed E-state index contributed by atoms with van der Waals surface area (Å²) in [5.41, 5.74) is 1.37. The highest BCUT2D eigenvalue weighted by Gasteiger charge is 2.07. The topological polar surface area (TPSA) is 16.1 Å². The number of likely N-dealkylation sites (N-methyl/N-ethyl adjacent to an activating group) is 1. The Morgan fingerprint density at radius 3 is 2.74 bits per heavy atom. The summed E-state index contributed by atoms with van der Waals surface area (Å²) in [7, 11) is 1.88. The molecule has 1 aromatic heterocycles. The van der Waals surface area contributed by atoms with Crippen LogP contribution in [0.3, 0.4) is 0 Å². The van der Waals surface area contributed by atoms with E-state index in [1.807, 2.05) is 30.1 Å². The summed E-state index contributed by atoms with van der Waals surface area (Å²) in [6.07, 6.45) is 2.54. The highest BCUT2D eigenvalue weighted by Crippen LogP contribution is 2.12. The van der Waals surface area contributed by atoms with E-state index in [0.29, 0.717) is 12.1 Å². The number of aromatic nitrogens is 1. The zero-order valence-electron chi connectivity index (χ0n) is 10.8. The molecule has 0 amide bonds. The molecule has 0 bridgehead atoms. The number of rotatable bonds is 5. The van der Waals surface area contributed by atoms with Crippen LogP contribution in [0.5, 0.6) is 0 Å². The van der Waals surface area contributed by atoms with Gasteiger partial charge in [-0.2, -0.15) is 0 Å². The average Bonchev–Trinajstić information content (AvgIpc) is 2.42. The van der Waals surface area contributed by atoms with E-state index in [0.717, 1.165) is 30.8 Å². The minimum Gasteiger partial charge on any atom is -0.302 e. The second-order valence-electron chi connectivity index (χ2n) is 4.54. The number of pyridine rings is 1. The average molecular weight is 262 g/mol. The van der Waals surface area contributed by atoms with Crippen molar-refractivity contribution in [3.63, 3.8) is 0 Å². The highest BCUT2D eigenvalue weighted by molar-refractivity contribution is 5.18. The molecule has 1 aromatic carbocycles. The number of nitrogens with zero attached hydrogens (tertiary/aromatic N) is 2. The first-order valence-corrected chi connectivity index (χ1v) is 6.17. The van der Waals surface area contributed by atoms with E-state index in [1.165, 1.54) is 6.07 Å². The van der Waals surface area contributed by atoms with E-state index in [4.69, 9.17) is 0 Å². The van der Waals surface area contributed by atoms with Crippen LogP contribution in [0.15, 0.2) is 42.6 Å². The van der Waals surface area contributed by atoms with Crippen molar-refractivity contribution in [1.29, 1.82) is 0 Å². The van der Waals surface area contributed by atoms with Crippen molar-refractivity contribution in [2.45, 2.75) is 13.0 Å². The van der Waals surface area contributed by atoms with Crippen LogP contribution in [-0.2, 0) is 13.0 Å². The van der Waals surface area contributed by atoms with E-state index in [-0.39, 0.29) is 5.82 Å². The first kappa shape index (κ1) is 13.6. The van der Waals surface area contributed by atoms with Crippen molar-refractivity contribution >= 4 is 0 Å². The van der Waals surface area contributed by atoms with Crippen LogP contribution in [0.1, 0.15) is 11.3 Å². The largest absolute Gasteiger partial charge is 0.302 e. The molecular weight excluding hydrogens is 246 g/mol. The number of benzene rings is 1. The summed E-state index contributed by atoms with van der Waals surface area (Å²) in [5.74, 6) is -0.777. The lowest BCUT2D eigenvalue weighted by Crippen LogP contribution is -2.21. The Bertz CT molecular complexity index is 529. The Labute approximate surface area is 111 Å². The van der Waals surface area contributed by atoms with Crippen LogP contribution in [0.2, 0.25) is 0 Å². The molecule has 0 spiro atoms. The fourth-order valence-electron chi connectivity index (χ4n) is 1.89. The number of hydrogen-bond acceptors (Lipinski definition) is 2. The maximum absolute atomic E-state index is 13.5. The molecule has 0 unspecified atom stereocenters. The van der Waals surface area contributed by atoms with E-state index in [1.54, 1.807) is 6.20 Å². The van der Waals surface area contributed by atoms with Crippen LogP contribution in [0.25, 0.3) is 0 Å². The smallest absolute Gasteiger partial charge is 0.127 e. The summed E-state index contributed by atoms with van der Waals surface area (Å²) in [5, 5.41) is 0. The van der Waals surface area contributed by atoms with Gasteiger partial charge in [-0.15, -0.1) is 0 Å². The van der Waals surface area contributed by atoms with Gasteiger partial charge in [0.25, 0.3) is 0 Å². The molecule has 0 radical (unpaired) electrons. The molecule has 0 saturated heterocycles. The first-order chi connectivity index (χ1) is 9.15. The highest BCUT2D eigenvalue weighted by atomic mass is 19.1. The predicted molar refractivity (Wildman–Crippen MR) is 70.6 cm³/mol. The third kappa shape index (κ3) is 4.10. The Hall–Kier alpha value is -1.81. The number of halogens is 2. The molecule has 2 rings (SSSR count). The van der Waals surface area contributed by atoms with Gasteiger partial charge in [-0.05, 0) is 37.4 Å². The minimum atomic E-state index is -0.408. The fraction of sp³-hybridized carbons (Fsp3) is 0.267. The van der Waals surface area contributed by atoms with Crippen LogP contribution in [0.4, 0.5) is 8.78 Å². The Kier molecular flexibility index (Phi) is 4.58. The summed E-state index contributed by atoms with van der Waals surface area (Å²) < 4.78 is 26.5. The van der Waals surface area contributed by atoms with Crippen molar-refractivity contribution in [1.82, 2.24) is 9.88 Å². The Morgan fingerprint density at radius 1 is 1.16 bits per heavy atom. The molecule has 0 N–H and O–H groups in total. The van der Waals surface area contributed by atoms with Crippen LogP contribution in [0, 0.1) is 11.6 Å². The molecule has 100 valence electrons. The molecule has 0 aliphatic rings. The monoisotopic (exact) mass is 262 g/mol. The molecule has 2 aromatic rings. The lowest BCUT2D eigenvalue weighted by Gasteiger charge is -2.16. The molecule has 0 aliphatic carbocycles. The van der Waals surface area contributed by atoms with Crippen molar-refractivity contribution < 1.29 is 8.78 Å². The van der Waals surface area contributed by atoms with Gasteiger partial charge in [0.2, 0.25) is 0 Å². The second kappa shape index (κ2) is 6.38. The Morgan fingerprint density at radius 2 is 2.00 bits per heavy atom. The summed E-state index contributed by atoms with van der Waals surface area (Å²) in [4.78, 5) is 6.18. The van der Waals surface area contributed by atoms with Crippen molar-refractivity contribution in [3.05, 3.63) is 65.5 Å². The minimum absolute atomic E-state index is 0.369. The molecule has 1 heterocycles. The zero-order chi connectivity index (χ0) is 13.7. The van der Waals surface area contributed by atoms with Gasteiger partial charge in [0, 0.05) is 37.0 Å². The molecule has 19 heavy (non-hydrogen) atoms. The van der Waals surface area contributed by atoms with Crippen molar-refractivity contribution in [2.24, 2.45) is 0 Å². The fourth-order valence-corrected chi connectivity index (χ4v) is 1.89. The SMILES string of the molecule is CN(CCc1ccccn1)Cc1cc(F)ccc1F. The zero-order valence-corrected chi connectivity index (χ0v) is 10.8. The lowest BCUT2D eigenvalue weighted by atomic mass is 10.2. The van der Waals surface area contributed by atoms with Gasteiger partial charge in [0.15, 0.2) is 0 Å². The molecule has 0 saturated carbocycles. The summed E-state index contributed by atoms with van der Waals surface area (Å²) in [6, 6.07) is 9.30. The molecular formula is C15H16F2N2. The van der Waals surface area contributed by atoms with E-state index < -0.39 is 5.82 Å². The van der Waals surface area contributed by atoms with E-state index >= 15 is 0 Å². The molecule has 2 nitrogen and oxygen atoms in total. The molecule has 0 atom stereocenters. The van der Waals surface area contributed by atoms with Crippen LogP contribution < -0.4 is 0 Å². The number of hydrogen-bond donors (Lipinski definition) is 0. The molecule has 0 fully saturated rings. The maximum atomic E-state index is 13.5. The van der Waals surface area contributed by atoms with Gasteiger partial charge in [0.1, 0.15) is 11.6 Å². The standard InChI is InChI=1S/C15H16F2N2/c1-19(9-7-14-4-2-3-8-18-14)11-12-10-13(16)5-6-15(12)17/h2-6,8,10H,7,9,11H2,1H3. The first-order valence-electron chi connectivity index (χ1n) is 6.17. The van der Waals surface area contributed by atoms with Gasteiger partial charge in [0.05, 0.1) is 0 Å². The van der Waals surface area contributed by atoms with E-state index in [9.17, 15) is 8.78 Å². The summed E-state index contributed by atoms with van der Waals surface area (Å²) >= 11 is 0. The quantitative estimate of drug-likeness (QED) is 0.823. The van der Waals surface area contributed by atoms with Gasteiger partial charge in [-0.1, -0.05) is 6.07 Å². The van der Waals surface area contributed by atoms with Crippen molar-refractivity contribution in [2.75, 3.05) is 13.6 Å². The third-order valence-electron chi connectivity index (χ3n) is 2.92. The molecule has 0 aliphatic heterocycles. The summed E-state index contributed by atoms with van der Waals surface area (Å²) in [6.45, 7) is 1.13. The van der Waals surface area contributed by atoms with E-state index in [2.05, 4.69) is 4.98 Å². The second-order valence-corrected chi connectivity index (χ2v) is 4.54. The maximum Gasteiger partial charge on any atom is 0.127 e. The van der Waals surface area contributed by atoms with Gasteiger partial charge < -0.3 is 4.90 Å². The van der Waals surface area contributed by atoms with Crippen LogP contribution >= 0.6 is 0 Å². The van der Waals surface area contributed by atoms with Gasteiger partial charge >= 0.3 is 0 Å². The Balaban J connectivity index is 1.90. The predicted octanol–water partition coefficient (Wildman–Crippen LogP) is 3.03. The van der Waals surface area contributed by atoms with Gasteiger partial charge in [-0.25, -0.2) is 8.78 Å². The van der Waals surface area contributed by atoms with Crippen LogP contribution in [-0.4, -0.2) is 23.5 Å². The third-order valence-corrected chi connectivity index (χ3v) is 2.92. The van der Waals surface area contributed by atoms with Gasteiger partial charge in [-0.3, -0.25) is 4.98 Å². The lowest BCUT2D eigenvalue weighted by molar-refractivity contribution is 0.323.